The Labute approximate surface area is 92.3 Å². The largest absolute Gasteiger partial charge is 0.496 e. The summed E-state index contributed by atoms with van der Waals surface area (Å²) in [6.07, 6.45) is 1.88. The number of hydrogen-bond acceptors (Lipinski definition) is 4. The average Bonchev–Trinajstić information content (AvgIpc) is 2.84. The van der Waals surface area contributed by atoms with Crippen LogP contribution in [-0.2, 0) is 7.05 Å². The molecular weight excluding hydrogens is 210 g/mol. The van der Waals surface area contributed by atoms with Gasteiger partial charge in [0, 0.05) is 13.2 Å². The summed E-state index contributed by atoms with van der Waals surface area (Å²) in [5, 5.41) is 6.25. The highest BCUT2D eigenvalue weighted by atomic mass is 32.1. The molecule has 0 spiro atoms. The molecule has 2 aromatic rings. The van der Waals surface area contributed by atoms with Crippen molar-refractivity contribution in [1.82, 2.24) is 9.78 Å². The van der Waals surface area contributed by atoms with Crippen LogP contribution in [0.3, 0.4) is 0 Å². The van der Waals surface area contributed by atoms with E-state index in [0.717, 1.165) is 16.3 Å². The first-order chi connectivity index (χ1) is 7.22. The van der Waals surface area contributed by atoms with Gasteiger partial charge in [0.25, 0.3) is 0 Å². The molecule has 0 fully saturated rings. The van der Waals surface area contributed by atoms with Crippen molar-refractivity contribution in [3.63, 3.8) is 0 Å². The highest BCUT2D eigenvalue weighted by Crippen LogP contribution is 2.32. The lowest BCUT2D eigenvalue weighted by Crippen LogP contribution is -2.12. The maximum Gasteiger partial charge on any atom is 0.134 e. The van der Waals surface area contributed by atoms with E-state index in [1.165, 1.54) is 0 Å². The molecule has 0 radical (unpaired) electrons. The quantitative estimate of drug-likeness (QED) is 0.858. The van der Waals surface area contributed by atoms with Crippen molar-refractivity contribution in [2.75, 3.05) is 7.11 Å². The van der Waals surface area contributed by atoms with E-state index >= 15 is 0 Å². The molecule has 0 aliphatic carbocycles. The molecule has 0 aromatic carbocycles. The number of nitrogens with zero attached hydrogens (tertiary/aromatic N) is 2. The SMILES string of the molecule is COc1ccsc1C(N)c1ccn(C)n1. The third-order valence-electron chi connectivity index (χ3n) is 2.21. The fraction of sp³-hybridized carbons (Fsp3) is 0.300. The van der Waals surface area contributed by atoms with Crippen LogP contribution in [-0.4, -0.2) is 16.9 Å². The van der Waals surface area contributed by atoms with Gasteiger partial charge >= 0.3 is 0 Å². The third-order valence-corrected chi connectivity index (χ3v) is 3.19. The van der Waals surface area contributed by atoms with Gasteiger partial charge in [0.05, 0.1) is 23.7 Å². The maximum absolute atomic E-state index is 6.11. The predicted octanol–water partition coefficient (Wildman–Crippen LogP) is 1.54. The van der Waals surface area contributed by atoms with E-state index in [4.69, 9.17) is 10.5 Å². The number of nitrogens with two attached hydrogens (primary N) is 1. The molecule has 2 aromatic heterocycles. The lowest BCUT2D eigenvalue weighted by atomic mass is 10.2. The van der Waals surface area contributed by atoms with E-state index in [-0.39, 0.29) is 6.04 Å². The van der Waals surface area contributed by atoms with Gasteiger partial charge in [-0.2, -0.15) is 5.10 Å². The summed E-state index contributed by atoms with van der Waals surface area (Å²) in [6.45, 7) is 0. The van der Waals surface area contributed by atoms with Gasteiger partial charge in [-0.3, -0.25) is 4.68 Å². The molecule has 1 unspecified atom stereocenters. The van der Waals surface area contributed by atoms with Crippen LogP contribution in [0.1, 0.15) is 16.6 Å². The van der Waals surface area contributed by atoms with Gasteiger partial charge in [-0.1, -0.05) is 0 Å². The second-order valence-corrected chi connectivity index (χ2v) is 4.19. The second kappa shape index (κ2) is 4.04. The van der Waals surface area contributed by atoms with E-state index < -0.39 is 0 Å². The third kappa shape index (κ3) is 1.88. The number of aromatic nitrogens is 2. The number of methoxy groups -OCH3 is 1. The van der Waals surface area contributed by atoms with E-state index in [0.29, 0.717) is 0 Å². The molecule has 0 bridgehead atoms. The molecule has 0 amide bonds. The molecule has 1 atom stereocenters. The lowest BCUT2D eigenvalue weighted by Gasteiger charge is -2.08. The molecule has 0 saturated carbocycles. The van der Waals surface area contributed by atoms with E-state index in [9.17, 15) is 0 Å². The molecule has 0 aliphatic rings. The van der Waals surface area contributed by atoms with Crippen molar-refractivity contribution < 1.29 is 4.74 Å². The smallest absolute Gasteiger partial charge is 0.134 e. The first-order valence-electron chi connectivity index (χ1n) is 4.59. The number of aryl methyl sites for hydroxylation is 1. The van der Waals surface area contributed by atoms with Crippen LogP contribution in [0.2, 0.25) is 0 Å². The molecule has 0 saturated heterocycles. The van der Waals surface area contributed by atoms with Crippen molar-refractivity contribution in [1.29, 1.82) is 0 Å². The Hall–Kier alpha value is -1.33. The summed E-state index contributed by atoms with van der Waals surface area (Å²) in [5.74, 6) is 0.832. The summed E-state index contributed by atoms with van der Waals surface area (Å²) in [4.78, 5) is 1.01. The fourth-order valence-corrected chi connectivity index (χ4v) is 2.31. The maximum atomic E-state index is 6.11. The molecule has 2 heterocycles. The fourth-order valence-electron chi connectivity index (χ4n) is 1.44. The van der Waals surface area contributed by atoms with Gasteiger partial charge in [-0.05, 0) is 17.5 Å². The lowest BCUT2D eigenvalue weighted by molar-refractivity contribution is 0.410. The minimum absolute atomic E-state index is 0.207. The molecule has 15 heavy (non-hydrogen) atoms. The average molecular weight is 223 g/mol. The summed E-state index contributed by atoms with van der Waals surface area (Å²) in [6, 6.07) is 3.63. The minimum atomic E-state index is -0.207. The molecule has 80 valence electrons. The summed E-state index contributed by atoms with van der Waals surface area (Å²) in [7, 11) is 3.53. The van der Waals surface area contributed by atoms with Gasteiger partial charge in [0.2, 0.25) is 0 Å². The van der Waals surface area contributed by atoms with Gasteiger partial charge < -0.3 is 10.5 Å². The van der Waals surface area contributed by atoms with Crippen LogP contribution in [0.5, 0.6) is 5.75 Å². The minimum Gasteiger partial charge on any atom is -0.496 e. The number of thiophene rings is 1. The molecule has 2 rings (SSSR count). The van der Waals surface area contributed by atoms with Crippen molar-refractivity contribution >= 4 is 11.3 Å². The highest BCUT2D eigenvalue weighted by molar-refractivity contribution is 7.10. The van der Waals surface area contributed by atoms with Crippen molar-refractivity contribution in [2.45, 2.75) is 6.04 Å². The van der Waals surface area contributed by atoms with Crippen LogP contribution in [0.15, 0.2) is 23.7 Å². The zero-order valence-electron chi connectivity index (χ0n) is 8.68. The normalized spacial score (nSPS) is 12.7. The van der Waals surface area contributed by atoms with Crippen LogP contribution in [0, 0.1) is 0 Å². The highest BCUT2D eigenvalue weighted by Gasteiger charge is 2.17. The van der Waals surface area contributed by atoms with Crippen molar-refractivity contribution in [3.8, 4) is 5.75 Å². The Bertz CT molecular complexity index is 449. The Morgan fingerprint density at radius 3 is 2.93 bits per heavy atom. The van der Waals surface area contributed by atoms with E-state index in [1.807, 2.05) is 30.8 Å². The van der Waals surface area contributed by atoms with E-state index in [1.54, 1.807) is 23.1 Å². The Morgan fingerprint density at radius 2 is 2.33 bits per heavy atom. The number of rotatable bonds is 3. The number of hydrogen-bond donors (Lipinski definition) is 1. The van der Waals surface area contributed by atoms with Crippen LogP contribution in [0.4, 0.5) is 0 Å². The molecule has 0 aliphatic heterocycles. The summed E-state index contributed by atoms with van der Waals surface area (Å²) in [5.41, 5.74) is 6.96. The number of ether oxygens (including phenoxy) is 1. The zero-order chi connectivity index (χ0) is 10.8. The van der Waals surface area contributed by atoms with Gasteiger partial charge in [-0.25, -0.2) is 0 Å². The van der Waals surface area contributed by atoms with Gasteiger partial charge in [0.1, 0.15) is 5.75 Å². The molecular formula is C10H13N3OS. The summed E-state index contributed by atoms with van der Waals surface area (Å²) >= 11 is 1.59. The topological polar surface area (TPSA) is 53.1 Å². The Morgan fingerprint density at radius 1 is 1.53 bits per heavy atom. The van der Waals surface area contributed by atoms with Crippen molar-refractivity contribution in [2.24, 2.45) is 12.8 Å². The first kappa shape index (κ1) is 10.2. The zero-order valence-corrected chi connectivity index (χ0v) is 9.49. The monoisotopic (exact) mass is 223 g/mol. The van der Waals surface area contributed by atoms with E-state index in [2.05, 4.69) is 5.10 Å². The van der Waals surface area contributed by atoms with Gasteiger partial charge in [-0.15, -0.1) is 11.3 Å². The Balaban J connectivity index is 2.31. The predicted molar refractivity (Wildman–Crippen MR) is 60.1 cm³/mol. The van der Waals surface area contributed by atoms with Crippen molar-refractivity contribution in [3.05, 3.63) is 34.3 Å². The van der Waals surface area contributed by atoms with Crippen LogP contribution < -0.4 is 10.5 Å². The van der Waals surface area contributed by atoms with Crippen LogP contribution >= 0.6 is 11.3 Å². The van der Waals surface area contributed by atoms with Gasteiger partial charge in [0.15, 0.2) is 0 Å². The molecule has 2 N–H and O–H groups in total. The summed E-state index contributed by atoms with van der Waals surface area (Å²) < 4.78 is 6.98. The molecule has 5 heteroatoms. The molecule has 4 nitrogen and oxygen atoms in total. The first-order valence-corrected chi connectivity index (χ1v) is 5.47. The Kier molecular flexibility index (Phi) is 2.75. The standard InChI is InChI=1S/C10H13N3OS/c1-13-5-3-7(12-13)9(11)10-8(14-2)4-6-15-10/h3-6,9H,11H2,1-2H3. The second-order valence-electron chi connectivity index (χ2n) is 3.25. The van der Waals surface area contributed by atoms with Crippen LogP contribution in [0.25, 0.3) is 0 Å².